The number of carbonyl (C=O) groups is 1. The summed E-state index contributed by atoms with van der Waals surface area (Å²) in [7, 11) is 0. The maximum atomic E-state index is 12.3. The number of thiocarbonyl (C=S) groups is 1. The Hall–Kier alpha value is -2.71. The zero-order valence-electron chi connectivity index (χ0n) is 15.6. The maximum Gasteiger partial charge on any atom is 0.257 e. The van der Waals surface area contributed by atoms with Crippen LogP contribution in [0.25, 0.3) is 0 Å². The zero-order chi connectivity index (χ0) is 19.4. The number of nitriles is 1. The van der Waals surface area contributed by atoms with E-state index in [0.717, 1.165) is 48.1 Å². The quantitative estimate of drug-likeness (QED) is 0.757. The first-order valence-electron chi connectivity index (χ1n) is 9.15. The lowest BCUT2D eigenvalue weighted by atomic mass is 9.80. The fourth-order valence-corrected chi connectivity index (χ4v) is 3.75. The summed E-state index contributed by atoms with van der Waals surface area (Å²) < 4.78 is 0. The van der Waals surface area contributed by atoms with Crippen LogP contribution in [0.4, 0.5) is 5.69 Å². The Kier molecular flexibility index (Phi) is 5.57. The van der Waals surface area contributed by atoms with Crippen LogP contribution >= 0.6 is 12.2 Å². The number of hydrogen-bond acceptors (Lipinski definition) is 3. The highest BCUT2D eigenvalue weighted by molar-refractivity contribution is 7.80. The molecule has 138 valence electrons. The third kappa shape index (κ3) is 4.17. The van der Waals surface area contributed by atoms with Gasteiger partial charge in [-0.3, -0.25) is 10.1 Å². The van der Waals surface area contributed by atoms with Gasteiger partial charge in [-0.15, -0.1) is 0 Å². The Bertz CT molecular complexity index is 906. The summed E-state index contributed by atoms with van der Waals surface area (Å²) in [6.07, 6.45) is 4.03. The van der Waals surface area contributed by atoms with Crippen molar-refractivity contribution < 1.29 is 4.79 Å². The predicted octanol–water partition coefficient (Wildman–Crippen LogP) is 4.77. The number of anilines is 1. The van der Waals surface area contributed by atoms with E-state index in [1.807, 2.05) is 50.2 Å². The summed E-state index contributed by atoms with van der Waals surface area (Å²) >= 11 is 5.26. The maximum absolute atomic E-state index is 12.3. The number of amides is 1. The largest absolute Gasteiger partial charge is 0.332 e. The molecule has 27 heavy (non-hydrogen) atoms. The molecule has 1 amide bonds. The summed E-state index contributed by atoms with van der Waals surface area (Å²) in [6.45, 7) is 3.98. The Labute approximate surface area is 165 Å². The first-order chi connectivity index (χ1) is 12.9. The van der Waals surface area contributed by atoms with Crippen LogP contribution in [0.15, 0.2) is 42.5 Å². The van der Waals surface area contributed by atoms with Crippen molar-refractivity contribution in [1.82, 2.24) is 5.32 Å². The van der Waals surface area contributed by atoms with E-state index in [0.29, 0.717) is 5.56 Å². The molecule has 2 N–H and O–H groups in total. The lowest BCUT2D eigenvalue weighted by Gasteiger charge is -2.21. The summed E-state index contributed by atoms with van der Waals surface area (Å²) in [5, 5.41) is 15.6. The van der Waals surface area contributed by atoms with Gasteiger partial charge in [-0.2, -0.15) is 5.26 Å². The van der Waals surface area contributed by atoms with E-state index < -0.39 is 0 Å². The van der Waals surface area contributed by atoms with E-state index in [1.54, 1.807) is 6.07 Å². The van der Waals surface area contributed by atoms with Crippen LogP contribution in [-0.2, 0) is 5.41 Å². The van der Waals surface area contributed by atoms with E-state index in [4.69, 9.17) is 12.2 Å². The van der Waals surface area contributed by atoms with E-state index >= 15 is 0 Å². The highest BCUT2D eigenvalue weighted by Gasteiger charge is 2.35. The molecule has 4 nitrogen and oxygen atoms in total. The van der Waals surface area contributed by atoms with Gasteiger partial charge in [0.1, 0.15) is 0 Å². The normalized spacial score (nSPS) is 15.0. The smallest absolute Gasteiger partial charge is 0.257 e. The summed E-state index contributed by atoms with van der Waals surface area (Å²) in [5.41, 5.74) is 4.28. The van der Waals surface area contributed by atoms with Gasteiger partial charge in [0.15, 0.2) is 5.11 Å². The summed E-state index contributed by atoms with van der Waals surface area (Å²) in [5.74, 6) is -0.235. The molecule has 0 radical (unpaired) electrons. The van der Waals surface area contributed by atoms with Gasteiger partial charge in [-0.05, 0) is 79.9 Å². The molecule has 5 heteroatoms. The van der Waals surface area contributed by atoms with Crippen LogP contribution in [-0.4, -0.2) is 11.0 Å². The molecular formula is C22H23N3OS. The molecule has 1 aliphatic carbocycles. The summed E-state index contributed by atoms with van der Waals surface area (Å²) in [4.78, 5) is 12.3. The topological polar surface area (TPSA) is 64.9 Å². The second-order valence-corrected chi connectivity index (χ2v) is 7.59. The van der Waals surface area contributed by atoms with E-state index in [2.05, 4.69) is 16.7 Å². The van der Waals surface area contributed by atoms with Crippen molar-refractivity contribution in [2.75, 3.05) is 5.32 Å². The SMILES string of the molecule is Cc1ccc(C(=O)NC(=S)Nc2ccc(C3(C#N)CCCC3)cc2)cc1C. The van der Waals surface area contributed by atoms with Gasteiger partial charge in [-0.25, -0.2) is 0 Å². The van der Waals surface area contributed by atoms with Gasteiger partial charge >= 0.3 is 0 Å². The molecule has 1 saturated carbocycles. The van der Waals surface area contributed by atoms with Crippen molar-refractivity contribution in [1.29, 1.82) is 5.26 Å². The van der Waals surface area contributed by atoms with Crippen molar-refractivity contribution in [2.24, 2.45) is 0 Å². The first-order valence-corrected chi connectivity index (χ1v) is 9.56. The fourth-order valence-electron chi connectivity index (χ4n) is 3.54. The number of aryl methyl sites for hydroxylation is 2. The van der Waals surface area contributed by atoms with Gasteiger partial charge in [0.05, 0.1) is 11.5 Å². The number of nitrogens with one attached hydrogen (secondary N) is 2. The molecule has 0 aromatic heterocycles. The second-order valence-electron chi connectivity index (χ2n) is 7.19. The highest BCUT2D eigenvalue weighted by atomic mass is 32.1. The van der Waals surface area contributed by atoms with Crippen LogP contribution in [0.5, 0.6) is 0 Å². The van der Waals surface area contributed by atoms with Crippen LogP contribution in [0, 0.1) is 25.2 Å². The Morgan fingerprint density at radius 1 is 1.07 bits per heavy atom. The van der Waals surface area contributed by atoms with Crippen LogP contribution in [0.2, 0.25) is 0 Å². The minimum atomic E-state index is -0.351. The van der Waals surface area contributed by atoms with Crippen molar-refractivity contribution in [3.05, 3.63) is 64.7 Å². The molecule has 0 unspecified atom stereocenters. The molecular weight excluding hydrogens is 354 g/mol. The van der Waals surface area contributed by atoms with E-state index in [1.165, 1.54) is 0 Å². The standard InChI is InChI=1S/C22H23N3OS/c1-15-5-6-17(13-16(15)2)20(26)25-21(27)24-19-9-7-18(8-10-19)22(14-23)11-3-4-12-22/h5-10,13H,3-4,11-12H2,1-2H3,(H2,24,25,26,27). The molecule has 0 heterocycles. The number of carbonyl (C=O) groups excluding carboxylic acids is 1. The Morgan fingerprint density at radius 2 is 1.74 bits per heavy atom. The second kappa shape index (κ2) is 7.89. The number of rotatable bonds is 3. The third-order valence-corrected chi connectivity index (χ3v) is 5.57. The van der Waals surface area contributed by atoms with Crippen LogP contribution in [0.3, 0.4) is 0 Å². The minimum absolute atomic E-state index is 0.235. The zero-order valence-corrected chi connectivity index (χ0v) is 16.5. The lowest BCUT2D eigenvalue weighted by Crippen LogP contribution is -2.34. The molecule has 3 rings (SSSR count). The predicted molar refractivity (Wildman–Crippen MR) is 112 cm³/mol. The van der Waals surface area contributed by atoms with Crippen molar-refractivity contribution in [3.8, 4) is 6.07 Å². The average Bonchev–Trinajstić information content (AvgIpc) is 3.14. The van der Waals surface area contributed by atoms with E-state index in [9.17, 15) is 10.1 Å². The number of hydrogen-bond donors (Lipinski definition) is 2. The monoisotopic (exact) mass is 377 g/mol. The Morgan fingerprint density at radius 3 is 2.33 bits per heavy atom. The molecule has 0 bridgehead atoms. The molecule has 0 saturated heterocycles. The molecule has 0 atom stereocenters. The molecule has 0 aliphatic heterocycles. The van der Waals surface area contributed by atoms with Gasteiger partial charge in [-0.1, -0.05) is 31.0 Å². The minimum Gasteiger partial charge on any atom is -0.332 e. The average molecular weight is 378 g/mol. The highest BCUT2D eigenvalue weighted by Crippen LogP contribution is 2.40. The number of nitrogens with zero attached hydrogens (tertiary/aromatic N) is 1. The lowest BCUT2D eigenvalue weighted by molar-refractivity contribution is 0.0977. The first kappa shape index (κ1) is 19.1. The molecule has 1 aliphatic rings. The van der Waals surface area contributed by atoms with E-state index in [-0.39, 0.29) is 16.4 Å². The van der Waals surface area contributed by atoms with Crippen molar-refractivity contribution in [3.63, 3.8) is 0 Å². The third-order valence-electron chi connectivity index (χ3n) is 5.36. The Balaban J connectivity index is 1.63. The van der Waals surface area contributed by atoms with Crippen LogP contribution in [0.1, 0.15) is 52.7 Å². The summed E-state index contributed by atoms with van der Waals surface area (Å²) in [6, 6.07) is 15.8. The fraction of sp³-hybridized carbons (Fsp3) is 0.318. The van der Waals surface area contributed by atoms with Crippen molar-refractivity contribution >= 4 is 28.9 Å². The van der Waals surface area contributed by atoms with Gasteiger partial charge < -0.3 is 5.32 Å². The van der Waals surface area contributed by atoms with Gasteiger partial charge in [0, 0.05) is 11.3 Å². The van der Waals surface area contributed by atoms with Gasteiger partial charge in [0.25, 0.3) is 5.91 Å². The van der Waals surface area contributed by atoms with Crippen LogP contribution < -0.4 is 10.6 Å². The van der Waals surface area contributed by atoms with Crippen molar-refractivity contribution in [2.45, 2.75) is 44.9 Å². The number of benzene rings is 2. The molecule has 2 aromatic carbocycles. The molecule has 2 aromatic rings. The molecule has 1 fully saturated rings. The van der Waals surface area contributed by atoms with Gasteiger partial charge in [0.2, 0.25) is 0 Å². The molecule has 0 spiro atoms.